The van der Waals surface area contributed by atoms with E-state index >= 15 is 0 Å². The Morgan fingerprint density at radius 1 is 0.879 bits per heavy atom. The summed E-state index contributed by atoms with van der Waals surface area (Å²) in [6.07, 6.45) is 3.21. The summed E-state index contributed by atoms with van der Waals surface area (Å²) in [6, 6.07) is 21.4. The van der Waals surface area contributed by atoms with E-state index in [4.69, 9.17) is 0 Å². The van der Waals surface area contributed by atoms with E-state index in [2.05, 4.69) is 15.5 Å². The van der Waals surface area contributed by atoms with E-state index in [1.54, 1.807) is 18.2 Å². The molecule has 0 saturated carbocycles. The van der Waals surface area contributed by atoms with Crippen LogP contribution in [0.4, 0.5) is 15.8 Å². The third-order valence-electron chi connectivity index (χ3n) is 5.82. The van der Waals surface area contributed by atoms with Crippen LogP contribution in [0.5, 0.6) is 0 Å². The Labute approximate surface area is 193 Å². The number of anilines is 2. The van der Waals surface area contributed by atoms with E-state index in [1.807, 2.05) is 42.5 Å². The van der Waals surface area contributed by atoms with Gasteiger partial charge in [-0.1, -0.05) is 42.5 Å². The molecule has 0 atom stereocenters. The maximum Gasteiger partial charge on any atom is 0.253 e. The molecule has 0 aliphatic carbocycles. The molecule has 2 N–H and O–H groups in total. The van der Waals surface area contributed by atoms with Gasteiger partial charge in [0.25, 0.3) is 5.91 Å². The van der Waals surface area contributed by atoms with Gasteiger partial charge in [-0.2, -0.15) is 0 Å². The van der Waals surface area contributed by atoms with E-state index in [9.17, 15) is 14.0 Å². The van der Waals surface area contributed by atoms with Gasteiger partial charge in [0.05, 0.1) is 5.56 Å². The first-order valence-corrected chi connectivity index (χ1v) is 11.3. The Kier molecular flexibility index (Phi) is 7.35. The fourth-order valence-corrected chi connectivity index (χ4v) is 4.04. The lowest BCUT2D eigenvalue weighted by Crippen LogP contribution is -2.27. The summed E-state index contributed by atoms with van der Waals surface area (Å²) >= 11 is 0. The van der Waals surface area contributed by atoms with Crippen LogP contribution in [0.25, 0.3) is 0 Å². The van der Waals surface area contributed by atoms with Crippen molar-refractivity contribution in [1.29, 1.82) is 0 Å². The summed E-state index contributed by atoms with van der Waals surface area (Å²) in [7, 11) is 0. The molecular formula is C27H28FN3O2. The monoisotopic (exact) mass is 445 g/mol. The van der Waals surface area contributed by atoms with Crippen molar-refractivity contribution in [3.8, 4) is 0 Å². The van der Waals surface area contributed by atoms with Crippen LogP contribution in [0.2, 0.25) is 0 Å². The fraction of sp³-hybridized carbons (Fsp3) is 0.259. The second-order valence-electron chi connectivity index (χ2n) is 8.27. The van der Waals surface area contributed by atoms with Crippen LogP contribution in [0, 0.1) is 5.82 Å². The number of rotatable bonds is 8. The van der Waals surface area contributed by atoms with Gasteiger partial charge < -0.3 is 15.5 Å². The zero-order valence-electron chi connectivity index (χ0n) is 18.5. The van der Waals surface area contributed by atoms with E-state index in [-0.39, 0.29) is 17.6 Å². The van der Waals surface area contributed by atoms with Gasteiger partial charge in [0.2, 0.25) is 5.91 Å². The molecule has 0 spiro atoms. The molecule has 1 saturated heterocycles. The predicted octanol–water partition coefficient (Wildman–Crippen LogP) is 4.93. The number of amides is 2. The van der Waals surface area contributed by atoms with Gasteiger partial charge >= 0.3 is 0 Å². The number of carbonyl (C=O) groups is 2. The van der Waals surface area contributed by atoms with Crippen LogP contribution in [-0.4, -0.2) is 24.9 Å². The number of carbonyl (C=O) groups excluding carboxylic acids is 2. The molecule has 170 valence electrons. The molecule has 6 heteroatoms. The van der Waals surface area contributed by atoms with Gasteiger partial charge in [0.1, 0.15) is 5.82 Å². The van der Waals surface area contributed by atoms with Crippen LogP contribution in [0.1, 0.15) is 40.7 Å². The first-order chi connectivity index (χ1) is 16.1. The molecule has 2 amide bonds. The topological polar surface area (TPSA) is 61.4 Å². The normalized spacial score (nSPS) is 13.1. The summed E-state index contributed by atoms with van der Waals surface area (Å²) in [5.74, 6) is -0.621. The van der Waals surface area contributed by atoms with Gasteiger partial charge in [-0.05, 0) is 60.7 Å². The molecule has 1 fully saturated rings. The summed E-state index contributed by atoms with van der Waals surface area (Å²) < 4.78 is 13.1. The Morgan fingerprint density at radius 3 is 2.33 bits per heavy atom. The Morgan fingerprint density at radius 2 is 1.61 bits per heavy atom. The summed E-state index contributed by atoms with van der Waals surface area (Å²) in [6.45, 7) is 2.11. The molecule has 33 heavy (non-hydrogen) atoms. The van der Waals surface area contributed by atoms with Crippen LogP contribution >= 0.6 is 0 Å². The highest BCUT2D eigenvalue weighted by atomic mass is 19.1. The Hall–Kier alpha value is -3.67. The van der Waals surface area contributed by atoms with Crippen molar-refractivity contribution in [2.24, 2.45) is 0 Å². The molecule has 1 aliphatic heterocycles. The Balaban J connectivity index is 1.45. The lowest BCUT2D eigenvalue weighted by molar-refractivity contribution is -0.116. The van der Waals surface area contributed by atoms with E-state index in [0.717, 1.165) is 42.7 Å². The lowest BCUT2D eigenvalue weighted by Gasteiger charge is -2.22. The second-order valence-corrected chi connectivity index (χ2v) is 8.27. The van der Waals surface area contributed by atoms with Crippen molar-refractivity contribution in [3.63, 3.8) is 0 Å². The minimum Gasteiger partial charge on any atom is -0.371 e. The van der Waals surface area contributed by atoms with E-state index in [1.165, 1.54) is 12.1 Å². The summed E-state index contributed by atoms with van der Waals surface area (Å²) in [4.78, 5) is 27.8. The maximum atomic E-state index is 13.1. The van der Waals surface area contributed by atoms with Gasteiger partial charge in [-0.25, -0.2) is 4.39 Å². The molecule has 0 bridgehead atoms. The highest BCUT2D eigenvalue weighted by Gasteiger charge is 2.20. The smallest absolute Gasteiger partial charge is 0.253 e. The van der Waals surface area contributed by atoms with Gasteiger partial charge in [-0.3, -0.25) is 9.59 Å². The number of aryl methyl sites for hydroxylation is 1. The van der Waals surface area contributed by atoms with E-state index < -0.39 is 0 Å². The maximum absolute atomic E-state index is 13.1. The zero-order chi connectivity index (χ0) is 23.0. The van der Waals surface area contributed by atoms with Gasteiger partial charge in [0.15, 0.2) is 0 Å². The number of hydrogen-bond acceptors (Lipinski definition) is 3. The minimum absolute atomic E-state index is 0.0922. The van der Waals surface area contributed by atoms with Gasteiger partial charge in [-0.15, -0.1) is 0 Å². The van der Waals surface area contributed by atoms with Crippen molar-refractivity contribution in [2.45, 2.75) is 32.2 Å². The molecule has 3 aromatic carbocycles. The van der Waals surface area contributed by atoms with Crippen molar-refractivity contribution >= 4 is 23.2 Å². The Bertz CT molecular complexity index is 1090. The van der Waals surface area contributed by atoms with Crippen molar-refractivity contribution in [2.75, 3.05) is 23.3 Å². The minimum atomic E-state index is -0.308. The average molecular weight is 446 g/mol. The summed E-state index contributed by atoms with van der Waals surface area (Å²) in [5.41, 5.74) is 3.92. The largest absolute Gasteiger partial charge is 0.371 e. The average Bonchev–Trinajstić information content (AvgIpc) is 3.38. The zero-order valence-corrected chi connectivity index (χ0v) is 18.5. The highest BCUT2D eigenvalue weighted by Crippen LogP contribution is 2.28. The quantitative estimate of drug-likeness (QED) is 0.517. The van der Waals surface area contributed by atoms with Crippen LogP contribution < -0.4 is 15.5 Å². The lowest BCUT2D eigenvalue weighted by atomic mass is 10.1. The molecule has 5 nitrogen and oxygen atoms in total. The molecule has 1 aliphatic rings. The first kappa shape index (κ1) is 22.5. The number of benzene rings is 3. The molecule has 4 rings (SSSR count). The molecule has 3 aromatic rings. The third-order valence-corrected chi connectivity index (χ3v) is 5.82. The van der Waals surface area contributed by atoms with Crippen molar-refractivity contribution in [1.82, 2.24) is 5.32 Å². The first-order valence-electron chi connectivity index (χ1n) is 11.3. The number of nitrogens with one attached hydrogen (secondary N) is 2. The molecule has 0 radical (unpaired) electrons. The van der Waals surface area contributed by atoms with Gasteiger partial charge in [0, 0.05) is 37.4 Å². The highest BCUT2D eigenvalue weighted by molar-refractivity contribution is 6.02. The molecule has 1 heterocycles. The molecule has 0 unspecified atom stereocenters. The van der Waals surface area contributed by atoms with Crippen LogP contribution in [-0.2, 0) is 17.8 Å². The van der Waals surface area contributed by atoms with E-state index in [0.29, 0.717) is 30.6 Å². The molecular weight excluding hydrogens is 417 g/mol. The van der Waals surface area contributed by atoms with Crippen molar-refractivity contribution in [3.05, 3.63) is 95.3 Å². The number of nitrogens with zero attached hydrogens (tertiary/aromatic N) is 1. The number of halogens is 1. The second kappa shape index (κ2) is 10.8. The molecule has 0 aromatic heterocycles. The fourth-order valence-electron chi connectivity index (χ4n) is 4.04. The van der Waals surface area contributed by atoms with Crippen LogP contribution in [0.3, 0.4) is 0 Å². The predicted molar refractivity (Wildman–Crippen MR) is 129 cm³/mol. The van der Waals surface area contributed by atoms with Crippen molar-refractivity contribution < 1.29 is 14.0 Å². The third kappa shape index (κ3) is 6.19. The standard InChI is InChI=1S/C27H28FN3O2/c28-22-11-8-21(9-12-22)19-29-27(33)24-18-23(13-14-25(24)31-16-4-5-17-31)30-26(32)15-10-20-6-2-1-3-7-20/h1-3,6-9,11-14,18H,4-5,10,15-17,19H2,(H,29,33)(H,30,32). The van der Waals surface area contributed by atoms with Crippen LogP contribution in [0.15, 0.2) is 72.8 Å². The number of hydrogen-bond donors (Lipinski definition) is 2. The SMILES string of the molecule is O=C(CCc1ccccc1)Nc1ccc(N2CCCC2)c(C(=O)NCc2ccc(F)cc2)c1. The summed E-state index contributed by atoms with van der Waals surface area (Å²) in [5, 5.41) is 5.85.